The first-order valence-electron chi connectivity index (χ1n) is 9.86. The number of benzene rings is 1. The number of nitrogens with zero attached hydrogens (tertiary/aromatic N) is 2. The van der Waals surface area contributed by atoms with E-state index in [-0.39, 0.29) is 11.3 Å². The first-order valence-corrected chi connectivity index (χ1v) is 9.86. The Kier molecular flexibility index (Phi) is 3.73. The molecule has 3 heterocycles. The molecule has 0 unspecified atom stereocenters. The topological polar surface area (TPSA) is 45.2 Å². The molecule has 26 heavy (non-hydrogen) atoms. The van der Waals surface area contributed by atoms with Crippen molar-refractivity contribution in [2.45, 2.75) is 43.9 Å². The summed E-state index contributed by atoms with van der Waals surface area (Å²) in [6, 6.07) is 10.7. The van der Waals surface area contributed by atoms with Gasteiger partial charge >= 0.3 is 0 Å². The lowest BCUT2D eigenvalue weighted by molar-refractivity contribution is 0.0675. The number of likely N-dealkylation sites (tertiary alicyclic amines) is 1. The predicted octanol–water partition coefficient (Wildman–Crippen LogP) is 3.56. The summed E-state index contributed by atoms with van der Waals surface area (Å²) in [5.41, 5.74) is 6.14. The molecule has 1 aromatic carbocycles. The predicted molar refractivity (Wildman–Crippen MR) is 103 cm³/mol. The number of fused-ring (bicyclic) bond motifs is 3. The van der Waals surface area contributed by atoms with Gasteiger partial charge in [-0.1, -0.05) is 18.2 Å². The van der Waals surface area contributed by atoms with Crippen LogP contribution in [0.15, 0.2) is 36.5 Å². The molecule has 3 aliphatic rings. The molecule has 1 spiro atoms. The molecule has 1 N–H and O–H groups in total. The van der Waals surface area contributed by atoms with E-state index in [9.17, 15) is 4.79 Å². The van der Waals surface area contributed by atoms with Gasteiger partial charge in [0.2, 0.25) is 0 Å². The maximum Gasteiger partial charge on any atom is 0.255 e. The van der Waals surface area contributed by atoms with E-state index in [1.807, 2.05) is 4.90 Å². The largest absolute Gasteiger partial charge is 0.384 e. The highest BCUT2D eigenvalue weighted by Gasteiger charge is 2.42. The SMILES string of the molecule is O=C(c1cnc2c(c1)CCCC2)N1CCC2(CC1)CNc1ccccc12. The summed E-state index contributed by atoms with van der Waals surface area (Å²) in [5, 5.41) is 3.56. The van der Waals surface area contributed by atoms with Gasteiger partial charge in [-0.2, -0.15) is 0 Å². The lowest BCUT2D eigenvalue weighted by Crippen LogP contribution is -2.46. The average Bonchev–Trinajstić information content (AvgIpc) is 3.06. The molecule has 0 saturated carbocycles. The van der Waals surface area contributed by atoms with Crippen LogP contribution in [0.2, 0.25) is 0 Å². The van der Waals surface area contributed by atoms with E-state index in [4.69, 9.17) is 0 Å². The molecule has 1 aliphatic carbocycles. The monoisotopic (exact) mass is 347 g/mol. The Morgan fingerprint density at radius 2 is 1.92 bits per heavy atom. The number of pyridine rings is 1. The maximum atomic E-state index is 13.0. The Balaban J connectivity index is 1.32. The van der Waals surface area contributed by atoms with Crippen molar-refractivity contribution in [3.05, 3.63) is 58.9 Å². The quantitative estimate of drug-likeness (QED) is 0.858. The van der Waals surface area contributed by atoms with Gasteiger partial charge in [-0.3, -0.25) is 9.78 Å². The van der Waals surface area contributed by atoms with E-state index in [2.05, 4.69) is 40.6 Å². The molecule has 1 amide bonds. The summed E-state index contributed by atoms with van der Waals surface area (Å²) in [5.74, 6) is 0.153. The number of carbonyl (C=O) groups is 1. The van der Waals surface area contributed by atoms with Crippen molar-refractivity contribution in [3.8, 4) is 0 Å². The van der Waals surface area contributed by atoms with Gasteiger partial charge in [0.1, 0.15) is 0 Å². The summed E-state index contributed by atoms with van der Waals surface area (Å²) in [7, 11) is 0. The van der Waals surface area contributed by atoms with E-state index in [1.165, 1.54) is 35.3 Å². The first-order chi connectivity index (χ1) is 12.8. The van der Waals surface area contributed by atoms with Gasteiger partial charge in [0.05, 0.1) is 5.56 Å². The minimum atomic E-state index is 0.153. The van der Waals surface area contributed by atoms with Crippen LogP contribution in [0.25, 0.3) is 0 Å². The van der Waals surface area contributed by atoms with Crippen molar-refractivity contribution < 1.29 is 4.79 Å². The van der Waals surface area contributed by atoms with Crippen LogP contribution >= 0.6 is 0 Å². The third-order valence-corrected chi connectivity index (χ3v) is 6.54. The van der Waals surface area contributed by atoms with Crippen LogP contribution in [0, 0.1) is 0 Å². The fourth-order valence-corrected chi connectivity index (χ4v) is 4.93. The fourth-order valence-electron chi connectivity index (χ4n) is 4.93. The number of piperidine rings is 1. The zero-order valence-corrected chi connectivity index (χ0v) is 15.1. The third-order valence-electron chi connectivity index (χ3n) is 6.54. The fraction of sp³-hybridized carbons (Fsp3) is 0.455. The Bertz CT molecular complexity index is 852. The highest BCUT2D eigenvalue weighted by atomic mass is 16.2. The second kappa shape index (κ2) is 6.11. The number of anilines is 1. The molecule has 1 saturated heterocycles. The molecule has 1 aromatic heterocycles. The second-order valence-corrected chi connectivity index (χ2v) is 8.01. The number of nitrogens with one attached hydrogen (secondary N) is 1. The highest BCUT2D eigenvalue weighted by molar-refractivity contribution is 5.94. The molecule has 0 bridgehead atoms. The molecule has 134 valence electrons. The summed E-state index contributed by atoms with van der Waals surface area (Å²) in [6.45, 7) is 2.65. The number of para-hydroxylation sites is 1. The summed E-state index contributed by atoms with van der Waals surface area (Å²) < 4.78 is 0. The number of hydrogen-bond donors (Lipinski definition) is 1. The van der Waals surface area contributed by atoms with Crippen LogP contribution in [0.1, 0.15) is 52.9 Å². The maximum absolute atomic E-state index is 13.0. The summed E-state index contributed by atoms with van der Waals surface area (Å²) in [6.07, 6.45) is 8.41. The number of rotatable bonds is 1. The number of aryl methyl sites for hydroxylation is 2. The molecular weight excluding hydrogens is 322 g/mol. The van der Waals surface area contributed by atoms with Crippen LogP contribution < -0.4 is 5.32 Å². The number of amides is 1. The third kappa shape index (κ3) is 2.51. The Hall–Kier alpha value is -2.36. The highest BCUT2D eigenvalue weighted by Crippen LogP contribution is 2.43. The van der Waals surface area contributed by atoms with Crippen LogP contribution in [0.3, 0.4) is 0 Å². The smallest absolute Gasteiger partial charge is 0.255 e. The van der Waals surface area contributed by atoms with Gasteiger partial charge in [0.25, 0.3) is 5.91 Å². The van der Waals surface area contributed by atoms with Gasteiger partial charge in [-0.25, -0.2) is 0 Å². The zero-order valence-electron chi connectivity index (χ0n) is 15.1. The minimum absolute atomic E-state index is 0.153. The van der Waals surface area contributed by atoms with E-state index >= 15 is 0 Å². The van der Waals surface area contributed by atoms with E-state index in [1.54, 1.807) is 6.20 Å². The van der Waals surface area contributed by atoms with Crippen molar-refractivity contribution in [1.82, 2.24) is 9.88 Å². The molecule has 0 radical (unpaired) electrons. The van der Waals surface area contributed by atoms with Crippen molar-refractivity contribution in [1.29, 1.82) is 0 Å². The summed E-state index contributed by atoms with van der Waals surface area (Å²) >= 11 is 0. The molecule has 2 aliphatic heterocycles. The van der Waals surface area contributed by atoms with E-state index in [0.717, 1.165) is 50.9 Å². The van der Waals surface area contributed by atoms with Crippen molar-refractivity contribution in [2.24, 2.45) is 0 Å². The minimum Gasteiger partial charge on any atom is -0.384 e. The number of aromatic nitrogens is 1. The van der Waals surface area contributed by atoms with Crippen LogP contribution in [0.4, 0.5) is 5.69 Å². The Morgan fingerprint density at radius 1 is 1.12 bits per heavy atom. The van der Waals surface area contributed by atoms with Crippen LogP contribution in [-0.2, 0) is 18.3 Å². The van der Waals surface area contributed by atoms with Crippen molar-refractivity contribution in [2.75, 3.05) is 25.0 Å². The van der Waals surface area contributed by atoms with Crippen molar-refractivity contribution >= 4 is 11.6 Å². The first kappa shape index (κ1) is 15.9. The van der Waals surface area contributed by atoms with Gasteiger partial charge < -0.3 is 10.2 Å². The number of hydrogen-bond acceptors (Lipinski definition) is 3. The molecule has 4 heteroatoms. The lowest BCUT2D eigenvalue weighted by atomic mass is 9.74. The standard InChI is InChI=1S/C22H25N3O/c26-21(17-13-16-5-1-3-7-19(16)23-14-17)25-11-9-22(10-12-25)15-24-20-8-4-2-6-18(20)22/h2,4,6,8,13-14,24H,1,3,5,7,9-12,15H2. The van der Waals surface area contributed by atoms with Gasteiger partial charge in [-0.05, 0) is 61.8 Å². The summed E-state index contributed by atoms with van der Waals surface area (Å²) in [4.78, 5) is 19.6. The van der Waals surface area contributed by atoms with Gasteiger partial charge in [-0.15, -0.1) is 0 Å². The molecule has 4 nitrogen and oxygen atoms in total. The Labute approximate surface area is 154 Å². The molecule has 1 fully saturated rings. The average molecular weight is 347 g/mol. The van der Waals surface area contributed by atoms with Gasteiger partial charge in [0, 0.05) is 42.6 Å². The van der Waals surface area contributed by atoms with Crippen LogP contribution in [0.5, 0.6) is 0 Å². The lowest BCUT2D eigenvalue weighted by Gasteiger charge is -2.39. The molecule has 5 rings (SSSR count). The normalized spacial score (nSPS) is 20.4. The molecular formula is C22H25N3O. The second-order valence-electron chi connectivity index (χ2n) is 8.01. The van der Waals surface area contributed by atoms with E-state index < -0.39 is 0 Å². The van der Waals surface area contributed by atoms with Crippen LogP contribution in [-0.4, -0.2) is 35.4 Å². The number of carbonyl (C=O) groups excluding carboxylic acids is 1. The van der Waals surface area contributed by atoms with Gasteiger partial charge in [0.15, 0.2) is 0 Å². The van der Waals surface area contributed by atoms with Crippen molar-refractivity contribution in [3.63, 3.8) is 0 Å². The van der Waals surface area contributed by atoms with E-state index in [0.29, 0.717) is 0 Å². The molecule has 2 aromatic rings. The Morgan fingerprint density at radius 3 is 2.81 bits per heavy atom. The zero-order chi connectivity index (χ0) is 17.6. The molecule has 0 atom stereocenters.